The fourth-order valence-corrected chi connectivity index (χ4v) is 3.36. The van der Waals surface area contributed by atoms with Crippen LogP contribution in [0.15, 0.2) is 29.2 Å². The van der Waals surface area contributed by atoms with Gasteiger partial charge in [0.1, 0.15) is 5.52 Å². The molecule has 168 valence electrons. The van der Waals surface area contributed by atoms with Gasteiger partial charge in [-0.05, 0) is 18.2 Å². The number of benzene rings is 1. The number of anilines is 2. The van der Waals surface area contributed by atoms with Gasteiger partial charge in [-0.2, -0.15) is 5.10 Å². The first kappa shape index (κ1) is 23.7. The van der Waals surface area contributed by atoms with Crippen LogP contribution >= 0.6 is 31.0 Å². The first-order valence-electron chi connectivity index (χ1n) is 8.97. The molecule has 0 bridgehead atoms. The maximum atomic E-state index is 12.7. The summed E-state index contributed by atoms with van der Waals surface area (Å²) < 4.78 is 26.9. The number of aromatic nitrogens is 4. The topological polar surface area (TPSA) is 132 Å². The summed E-state index contributed by atoms with van der Waals surface area (Å²) in [4.78, 5) is 30.6. The zero-order valence-corrected chi connectivity index (χ0v) is 19.0. The van der Waals surface area contributed by atoms with Gasteiger partial charge in [-0.1, -0.05) is 23.2 Å². The van der Waals surface area contributed by atoms with Crippen molar-refractivity contribution in [2.24, 2.45) is 0 Å². The predicted octanol–water partition coefficient (Wildman–Crippen LogP) is 2.97. The largest absolute Gasteiger partial charge is 0.471 e. The Balaban J connectivity index is 1.66. The molecule has 2 N–H and O–H groups in total. The van der Waals surface area contributed by atoms with E-state index in [0.29, 0.717) is 32.7 Å². The number of hydrogen-bond acceptors (Lipinski definition) is 8. The van der Waals surface area contributed by atoms with Crippen molar-refractivity contribution in [3.63, 3.8) is 0 Å². The maximum absolute atomic E-state index is 12.7. The summed E-state index contributed by atoms with van der Waals surface area (Å²) in [6.07, 6.45) is 1.49. The lowest BCUT2D eigenvalue weighted by atomic mass is 10.3. The standard InChI is InChI=1S/C17H20Cl2N5O6P/c1-23(11-3-4-12(18)13(19)9-11)17-21-14-10-20-24(15(14)16(25)22-17)5-6-29-7-8-30-31(26,27)28-2/h3-4,9-10H,5-8H2,1-2H3,(H,26,27)(H,21,22,25). The van der Waals surface area contributed by atoms with Crippen LogP contribution in [0.1, 0.15) is 0 Å². The molecule has 11 nitrogen and oxygen atoms in total. The third-order valence-electron chi connectivity index (χ3n) is 4.26. The third kappa shape index (κ3) is 5.83. The van der Waals surface area contributed by atoms with E-state index in [-0.39, 0.29) is 31.9 Å². The molecule has 3 rings (SSSR count). The molecule has 0 saturated heterocycles. The summed E-state index contributed by atoms with van der Waals surface area (Å²) >= 11 is 12.0. The Morgan fingerprint density at radius 2 is 2.03 bits per heavy atom. The minimum Gasteiger partial charge on any atom is -0.377 e. The van der Waals surface area contributed by atoms with Gasteiger partial charge in [0.2, 0.25) is 5.95 Å². The first-order valence-corrected chi connectivity index (χ1v) is 11.2. The lowest BCUT2D eigenvalue weighted by Gasteiger charge is -2.18. The lowest BCUT2D eigenvalue weighted by molar-refractivity contribution is 0.0764. The van der Waals surface area contributed by atoms with Crippen molar-refractivity contribution in [3.05, 3.63) is 44.8 Å². The van der Waals surface area contributed by atoms with Gasteiger partial charge in [-0.3, -0.25) is 23.5 Å². The summed E-state index contributed by atoms with van der Waals surface area (Å²) in [5.41, 5.74) is 1.04. The number of hydrogen-bond donors (Lipinski definition) is 2. The summed E-state index contributed by atoms with van der Waals surface area (Å²) in [7, 11) is -1.21. The summed E-state index contributed by atoms with van der Waals surface area (Å²) in [6, 6.07) is 5.08. The number of H-pyrrole nitrogens is 1. The van der Waals surface area contributed by atoms with Crippen molar-refractivity contribution in [1.82, 2.24) is 19.7 Å². The molecule has 0 amide bonds. The van der Waals surface area contributed by atoms with E-state index in [9.17, 15) is 9.36 Å². The zero-order valence-electron chi connectivity index (χ0n) is 16.6. The molecule has 0 aliphatic rings. The molecule has 1 atom stereocenters. The minimum absolute atomic E-state index is 0.0698. The van der Waals surface area contributed by atoms with Crippen molar-refractivity contribution in [2.75, 3.05) is 38.9 Å². The number of nitrogens with one attached hydrogen (secondary N) is 1. The molecule has 0 aliphatic heterocycles. The van der Waals surface area contributed by atoms with Gasteiger partial charge in [0, 0.05) is 19.8 Å². The second-order valence-electron chi connectivity index (χ2n) is 6.25. The first-order chi connectivity index (χ1) is 14.7. The third-order valence-corrected chi connectivity index (χ3v) is 5.96. The monoisotopic (exact) mass is 491 g/mol. The Morgan fingerprint density at radius 1 is 1.26 bits per heavy atom. The van der Waals surface area contributed by atoms with E-state index in [1.165, 1.54) is 10.9 Å². The van der Waals surface area contributed by atoms with Gasteiger partial charge in [0.15, 0.2) is 5.52 Å². The SMILES string of the molecule is COP(=O)(O)OCCOCCn1ncc2nc(N(C)c3ccc(Cl)c(Cl)c3)[nH]c(=O)c21. The minimum atomic E-state index is -4.02. The number of aromatic amines is 1. The Morgan fingerprint density at radius 3 is 2.74 bits per heavy atom. The molecule has 14 heteroatoms. The molecule has 0 spiro atoms. The molecule has 0 radical (unpaired) electrons. The van der Waals surface area contributed by atoms with E-state index in [2.05, 4.69) is 24.1 Å². The highest BCUT2D eigenvalue weighted by Crippen LogP contribution is 2.41. The molecule has 31 heavy (non-hydrogen) atoms. The van der Waals surface area contributed by atoms with Gasteiger partial charge < -0.3 is 14.5 Å². The van der Waals surface area contributed by atoms with Crippen LogP contribution in [-0.4, -0.2) is 58.6 Å². The number of phosphoric acid groups is 1. The molecule has 2 heterocycles. The Bertz CT molecular complexity index is 1170. The number of rotatable bonds is 10. The zero-order chi connectivity index (χ0) is 22.6. The Labute approximate surface area is 187 Å². The molecule has 1 aromatic carbocycles. The second-order valence-corrected chi connectivity index (χ2v) is 8.62. The number of halogens is 2. The average Bonchev–Trinajstić information content (AvgIpc) is 3.15. The molecule has 1 unspecified atom stereocenters. The summed E-state index contributed by atoms with van der Waals surface area (Å²) in [5, 5.41) is 5.00. The normalized spacial score (nSPS) is 13.5. The highest BCUT2D eigenvalue weighted by Gasteiger charge is 2.18. The molecular formula is C17H20Cl2N5O6P. The number of fused-ring (bicyclic) bond motifs is 1. The molecule has 3 aromatic rings. The second kappa shape index (κ2) is 10.1. The van der Waals surface area contributed by atoms with Crippen molar-refractivity contribution in [2.45, 2.75) is 6.54 Å². The Hall–Kier alpha value is -1.98. The summed E-state index contributed by atoms with van der Waals surface area (Å²) in [5.74, 6) is 0.315. The maximum Gasteiger partial charge on any atom is 0.471 e. The predicted molar refractivity (Wildman–Crippen MR) is 116 cm³/mol. The fourth-order valence-electron chi connectivity index (χ4n) is 2.66. The molecular weight excluding hydrogens is 472 g/mol. The van der Waals surface area contributed by atoms with Crippen LogP contribution < -0.4 is 10.5 Å². The van der Waals surface area contributed by atoms with Gasteiger partial charge in [0.05, 0.1) is 42.6 Å². The van der Waals surface area contributed by atoms with Gasteiger partial charge in [-0.25, -0.2) is 9.55 Å². The highest BCUT2D eigenvalue weighted by molar-refractivity contribution is 7.47. The average molecular weight is 492 g/mol. The van der Waals surface area contributed by atoms with Crippen LogP contribution in [0.5, 0.6) is 0 Å². The van der Waals surface area contributed by atoms with Crippen LogP contribution in [0.2, 0.25) is 10.0 Å². The van der Waals surface area contributed by atoms with E-state index in [1.807, 2.05) is 0 Å². The van der Waals surface area contributed by atoms with E-state index in [0.717, 1.165) is 7.11 Å². The van der Waals surface area contributed by atoms with Crippen molar-refractivity contribution >= 4 is 53.7 Å². The van der Waals surface area contributed by atoms with E-state index >= 15 is 0 Å². The van der Waals surface area contributed by atoms with Crippen LogP contribution in [0, 0.1) is 0 Å². The van der Waals surface area contributed by atoms with Crippen LogP contribution in [0.4, 0.5) is 11.6 Å². The Kier molecular flexibility index (Phi) is 7.71. The van der Waals surface area contributed by atoms with Crippen molar-refractivity contribution in [3.8, 4) is 0 Å². The number of nitrogens with zero attached hydrogens (tertiary/aromatic N) is 4. The van der Waals surface area contributed by atoms with Crippen LogP contribution in [0.25, 0.3) is 11.0 Å². The highest BCUT2D eigenvalue weighted by atomic mass is 35.5. The fraction of sp³-hybridized carbons (Fsp3) is 0.353. The molecule has 0 fully saturated rings. The number of phosphoric ester groups is 1. The number of ether oxygens (including phenoxy) is 1. The van der Waals surface area contributed by atoms with Crippen molar-refractivity contribution in [1.29, 1.82) is 0 Å². The molecule has 2 aromatic heterocycles. The van der Waals surface area contributed by atoms with E-state index in [4.69, 9.17) is 32.8 Å². The van der Waals surface area contributed by atoms with E-state index < -0.39 is 7.82 Å². The lowest BCUT2D eigenvalue weighted by Crippen LogP contribution is -2.21. The van der Waals surface area contributed by atoms with Gasteiger partial charge >= 0.3 is 7.82 Å². The molecule has 0 aliphatic carbocycles. The molecule has 0 saturated carbocycles. The van der Waals surface area contributed by atoms with Crippen LogP contribution in [0.3, 0.4) is 0 Å². The quantitative estimate of drug-likeness (QED) is 0.324. The summed E-state index contributed by atoms with van der Waals surface area (Å²) in [6.45, 7) is 0.429. The van der Waals surface area contributed by atoms with Gasteiger partial charge in [-0.15, -0.1) is 0 Å². The van der Waals surface area contributed by atoms with Crippen molar-refractivity contribution < 1.29 is 23.2 Å². The van der Waals surface area contributed by atoms with Gasteiger partial charge in [0.25, 0.3) is 5.56 Å². The smallest absolute Gasteiger partial charge is 0.377 e. The van der Waals surface area contributed by atoms with Crippen LogP contribution in [-0.2, 0) is 24.9 Å². The van der Waals surface area contributed by atoms with E-state index in [1.54, 1.807) is 30.1 Å².